The van der Waals surface area contributed by atoms with Crippen LogP contribution in [0.15, 0.2) is 60.8 Å². The number of halogens is 6. The maximum atomic E-state index is 13.7. The minimum Gasteiger partial charge on any atom is -0.377 e. The Morgan fingerprint density at radius 1 is 0.971 bits per heavy atom. The largest absolute Gasteiger partial charge is 0.418 e. The van der Waals surface area contributed by atoms with Crippen LogP contribution in [-0.2, 0) is 12.4 Å². The molecule has 1 aromatic heterocycles. The van der Waals surface area contributed by atoms with Gasteiger partial charge in [0.2, 0.25) is 0 Å². The molecule has 176 valence electrons. The number of benzene rings is 2. The van der Waals surface area contributed by atoms with Gasteiger partial charge in [-0.15, -0.1) is 0 Å². The molecular formula is C23H15F6N3O2. The normalized spacial score (nSPS) is 14.4. The molecule has 2 heterocycles. The van der Waals surface area contributed by atoms with Crippen LogP contribution in [-0.4, -0.2) is 23.2 Å². The number of carbonyl (C=O) groups is 2. The maximum absolute atomic E-state index is 13.7. The number of Topliss-reactive ketones (excluding diaryl/α,β-unsaturated/α-hetero) is 1. The summed E-state index contributed by atoms with van der Waals surface area (Å²) in [6.07, 6.45) is -8.39. The monoisotopic (exact) mass is 479 g/mol. The van der Waals surface area contributed by atoms with Gasteiger partial charge in [0.05, 0.1) is 29.4 Å². The summed E-state index contributed by atoms with van der Waals surface area (Å²) in [5.74, 6) is -1.08. The number of carbonyl (C=O) groups excluding carboxylic acids is 2. The topological polar surface area (TPSA) is 71.1 Å². The fourth-order valence-corrected chi connectivity index (χ4v) is 3.62. The molecule has 1 atom stereocenters. The van der Waals surface area contributed by atoms with Crippen molar-refractivity contribution >= 4 is 17.4 Å². The van der Waals surface area contributed by atoms with Crippen molar-refractivity contribution in [3.8, 4) is 0 Å². The Labute approximate surface area is 188 Å². The zero-order valence-corrected chi connectivity index (χ0v) is 17.1. The third kappa shape index (κ3) is 4.59. The van der Waals surface area contributed by atoms with E-state index in [2.05, 4.69) is 15.6 Å². The Bertz CT molecular complexity index is 1250. The van der Waals surface area contributed by atoms with E-state index in [-0.39, 0.29) is 29.0 Å². The van der Waals surface area contributed by atoms with Crippen LogP contribution in [0, 0.1) is 0 Å². The number of hydrogen-bond donors (Lipinski definition) is 2. The highest BCUT2D eigenvalue weighted by Gasteiger charge is 2.37. The van der Waals surface area contributed by atoms with Crippen molar-refractivity contribution in [3.63, 3.8) is 0 Å². The van der Waals surface area contributed by atoms with Gasteiger partial charge in [0.15, 0.2) is 5.78 Å². The standard InChI is InChI=1S/C23H15F6N3O2/c24-22(25,26)14-6-3-12(4-7-14)19(20-16(23(27,28)29)2-1-9-30-20)32-21(34)13-5-8-17-15(10-13)18(33)11-31-17/h1-10,19,31H,11H2,(H,32,34)/t19-/m0/s1. The number of nitrogens with zero attached hydrogens (tertiary/aromatic N) is 1. The van der Waals surface area contributed by atoms with Crippen molar-refractivity contribution in [2.45, 2.75) is 18.4 Å². The summed E-state index contributed by atoms with van der Waals surface area (Å²) in [7, 11) is 0. The van der Waals surface area contributed by atoms with E-state index in [0.29, 0.717) is 17.8 Å². The molecule has 0 fully saturated rings. The lowest BCUT2D eigenvalue weighted by molar-refractivity contribution is -0.139. The predicted molar refractivity (Wildman–Crippen MR) is 109 cm³/mol. The first-order valence-electron chi connectivity index (χ1n) is 9.86. The highest BCUT2D eigenvalue weighted by Crippen LogP contribution is 2.37. The third-order valence-corrected chi connectivity index (χ3v) is 5.29. The van der Waals surface area contributed by atoms with Gasteiger partial charge in [0, 0.05) is 23.0 Å². The number of fused-ring (bicyclic) bond motifs is 1. The average molecular weight is 479 g/mol. The summed E-state index contributed by atoms with van der Waals surface area (Å²) in [5, 5.41) is 5.27. The van der Waals surface area contributed by atoms with Crippen LogP contribution in [0.25, 0.3) is 0 Å². The first-order chi connectivity index (χ1) is 15.9. The zero-order chi connectivity index (χ0) is 24.7. The fraction of sp³-hybridized carbons (Fsp3) is 0.174. The van der Waals surface area contributed by atoms with Gasteiger partial charge in [0.25, 0.3) is 5.91 Å². The molecule has 4 rings (SSSR count). The lowest BCUT2D eigenvalue weighted by Crippen LogP contribution is -2.31. The van der Waals surface area contributed by atoms with E-state index in [4.69, 9.17) is 0 Å². The van der Waals surface area contributed by atoms with E-state index >= 15 is 0 Å². The molecule has 1 amide bonds. The molecule has 0 radical (unpaired) electrons. The van der Waals surface area contributed by atoms with Crippen LogP contribution < -0.4 is 10.6 Å². The second-order valence-electron chi connectivity index (χ2n) is 7.50. The molecule has 5 nitrogen and oxygen atoms in total. The van der Waals surface area contributed by atoms with Crippen molar-refractivity contribution in [1.82, 2.24) is 10.3 Å². The molecule has 0 aliphatic carbocycles. The lowest BCUT2D eigenvalue weighted by Gasteiger charge is -2.23. The van der Waals surface area contributed by atoms with Crippen molar-refractivity contribution in [2.75, 3.05) is 11.9 Å². The summed E-state index contributed by atoms with van der Waals surface area (Å²) in [6, 6.07) is 7.89. The Kier molecular flexibility index (Phi) is 5.80. The minimum absolute atomic E-state index is 0.00259. The molecule has 0 unspecified atom stereocenters. The van der Waals surface area contributed by atoms with Gasteiger partial charge < -0.3 is 10.6 Å². The molecule has 1 aliphatic heterocycles. The molecule has 0 bridgehead atoms. The first kappa shape index (κ1) is 23.3. The van der Waals surface area contributed by atoms with Gasteiger partial charge in [-0.3, -0.25) is 14.6 Å². The van der Waals surface area contributed by atoms with Crippen LogP contribution in [0.3, 0.4) is 0 Å². The number of nitrogens with one attached hydrogen (secondary N) is 2. The smallest absolute Gasteiger partial charge is 0.377 e. The van der Waals surface area contributed by atoms with Crippen LogP contribution in [0.4, 0.5) is 32.0 Å². The number of alkyl halides is 6. The highest BCUT2D eigenvalue weighted by molar-refractivity contribution is 6.09. The SMILES string of the molecule is O=C(N[C@@H](c1ccc(C(F)(F)F)cc1)c1ncccc1C(F)(F)F)c1ccc2c(c1)C(=O)CN2. The van der Waals surface area contributed by atoms with Crippen molar-refractivity contribution in [2.24, 2.45) is 0 Å². The molecule has 11 heteroatoms. The Morgan fingerprint density at radius 2 is 1.68 bits per heavy atom. The summed E-state index contributed by atoms with van der Waals surface area (Å²) >= 11 is 0. The van der Waals surface area contributed by atoms with Gasteiger partial charge >= 0.3 is 12.4 Å². The summed E-state index contributed by atoms with van der Waals surface area (Å²) in [4.78, 5) is 28.7. The zero-order valence-electron chi connectivity index (χ0n) is 17.1. The molecule has 2 N–H and O–H groups in total. The Hall–Kier alpha value is -3.89. The molecule has 0 saturated heterocycles. The van der Waals surface area contributed by atoms with E-state index in [9.17, 15) is 35.9 Å². The summed E-state index contributed by atoms with van der Waals surface area (Å²) < 4.78 is 79.9. The Balaban J connectivity index is 1.76. The predicted octanol–water partition coefficient (Wildman–Crippen LogP) is 5.25. The van der Waals surface area contributed by atoms with Crippen molar-refractivity contribution in [3.05, 3.63) is 94.3 Å². The number of anilines is 1. The van der Waals surface area contributed by atoms with Gasteiger partial charge in [-0.05, 0) is 48.0 Å². The van der Waals surface area contributed by atoms with E-state index in [1.807, 2.05) is 0 Å². The molecule has 0 saturated carbocycles. The van der Waals surface area contributed by atoms with E-state index in [0.717, 1.165) is 30.5 Å². The summed E-state index contributed by atoms with van der Waals surface area (Å²) in [5.41, 5.74) is -1.99. The summed E-state index contributed by atoms with van der Waals surface area (Å²) in [6.45, 7) is 0.0530. The van der Waals surface area contributed by atoms with E-state index in [1.165, 1.54) is 18.2 Å². The molecule has 34 heavy (non-hydrogen) atoms. The highest BCUT2D eigenvalue weighted by atomic mass is 19.4. The van der Waals surface area contributed by atoms with E-state index < -0.39 is 41.1 Å². The van der Waals surface area contributed by atoms with Gasteiger partial charge in [-0.25, -0.2) is 0 Å². The van der Waals surface area contributed by atoms with E-state index in [1.54, 1.807) is 0 Å². The molecule has 3 aromatic rings. The Morgan fingerprint density at radius 3 is 2.32 bits per heavy atom. The van der Waals surface area contributed by atoms with Crippen molar-refractivity contribution in [1.29, 1.82) is 0 Å². The van der Waals surface area contributed by atoms with Gasteiger partial charge in [-0.1, -0.05) is 12.1 Å². The van der Waals surface area contributed by atoms with Gasteiger partial charge in [-0.2, -0.15) is 26.3 Å². The number of ketones is 1. The molecular weight excluding hydrogens is 464 g/mol. The molecule has 0 spiro atoms. The number of rotatable bonds is 4. The number of amides is 1. The second kappa shape index (κ2) is 8.47. The second-order valence-corrected chi connectivity index (χ2v) is 7.50. The average Bonchev–Trinajstić information content (AvgIpc) is 3.16. The third-order valence-electron chi connectivity index (χ3n) is 5.29. The number of pyridine rings is 1. The van der Waals surface area contributed by atoms with Crippen LogP contribution in [0.5, 0.6) is 0 Å². The first-order valence-corrected chi connectivity index (χ1v) is 9.86. The number of aromatic nitrogens is 1. The number of hydrogen-bond acceptors (Lipinski definition) is 4. The van der Waals surface area contributed by atoms with Crippen molar-refractivity contribution < 1.29 is 35.9 Å². The van der Waals surface area contributed by atoms with Crippen LogP contribution in [0.2, 0.25) is 0 Å². The molecule has 2 aromatic carbocycles. The van der Waals surface area contributed by atoms with Gasteiger partial charge in [0.1, 0.15) is 0 Å². The van der Waals surface area contributed by atoms with Crippen LogP contribution >= 0.6 is 0 Å². The maximum Gasteiger partial charge on any atom is 0.418 e. The quantitative estimate of drug-likeness (QED) is 0.502. The minimum atomic E-state index is -4.83. The molecule has 1 aliphatic rings. The fourth-order valence-electron chi connectivity index (χ4n) is 3.62. The van der Waals surface area contributed by atoms with Crippen LogP contribution in [0.1, 0.15) is 49.1 Å². The lowest BCUT2D eigenvalue weighted by atomic mass is 9.97.